The topological polar surface area (TPSA) is 46.3 Å². The van der Waals surface area contributed by atoms with Gasteiger partial charge in [0.2, 0.25) is 5.91 Å². The highest BCUT2D eigenvalue weighted by Crippen LogP contribution is 2.16. The molecule has 0 aliphatic heterocycles. The molecule has 1 amide bonds. The monoisotopic (exact) mass is 246 g/mol. The second kappa shape index (κ2) is 5.07. The lowest BCUT2D eigenvalue weighted by Gasteiger charge is -2.18. The summed E-state index contributed by atoms with van der Waals surface area (Å²) >= 11 is 0. The Balaban J connectivity index is 2.57. The number of halogens is 3. The van der Waals surface area contributed by atoms with Crippen LogP contribution in [0.1, 0.15) is 5.56 Å². The first kappa shape index (κ1) is 13.3. The maximum Gasteiger partial charge on any atom is 0.406 e. The number of anilines is 1. The zero-order valence-electron chi connectivity index (χ0n) is 9.29. The van der Waals surface area contributed by atoms with E-state index in [1.165, 1.54) is 0 Å². The van der Waals surface area contributed by atoms with Gasteiger partial charge >= 0.3 is 6.18 Å². The molecule has 2 N–H and O–H groups in total. The molecule has 3 nitrogen and oxygen atoms in total. The van der Waals surface area contributed by atoms with Crippen molar-refractivity contribution >= 4 is 11.6 Å². The van der Waals surface area contributed by atoms with Crippen molar-refractivity contribution < 1.29 is 18.0 Å². The van der Waals surface area contributed by atoms with Crippen molar-refractivity contribution in [2.45, 2.75) is 12.6 Å². The second-order valence-electron chi connectivity index (χ2n) is 3.78. The average Bonchev–Trinajstić information content (AvgIpc) is 2.19. The van der Waals surface area contributed by atoms with Crippen LogP contribution in [-0.2, 0) is 11.2 Å². The van der Waals surface area contributed by atoms with Crippen LogP contribution in [-0.4, -0.2) is 30.6 Å². The molecule has 0 spiro atoms. The molecular formula is C11H13F3N2O. The van der Waals surface area contributed by atoms with Crippen LogP contribution in [0.4, 0.5) is 18.9 Å². The number of amides is 1. The molecule has 0 radical (unpaired) electrons. The van der Waals surface area contributed by atoms with Crippen LogP contribution >= 0.6 is 0 Å². The maximum absolute atomic E-state index is 12.0. The molecule has 0 aliphatic carbocycles. The van der Waals surface area contributed by atoms with Gasteiger partial charge in [-0.3, -0.25) is 4.79 Å². The van der Waals surface area contributed by atoms with Crippen LogP contribution in [0, 0.1) is 0 Å². The standard InChI is InChI=1S/C11H13F3N2O/c1-16(7-11(12,13)14)10(17)6-8-2-4-9(15)5-3-8/h2-5H,6-7,15H2,1H3. The molecule has 94 valence electrons. The van der Waals surface area contributed by atoms with E-state index in [2.05, 4.69) is 0 Å². The van der Waals surface area contributed by atoms with Gasteiger partial charge in [0.05, 0.1) is 6.42 Å². The summed E-state index contributed by atoms with van der Waals surface area (Å²) in [7, 11) is 1.13. The normalized spacial score (nSPS) is 11.3. The van der Waals surface area contributed by atoms with Gasteiger partial charge in [-0.2, -0.15) is 13.2 Å². The minimum Gasteiger partial charge on any atom is -0.399 e. The number of alkyl halides is 3. The van der Waals surface area contributed by atoms with E-state index in [4.69, 9.17) is 5.73 Å². The summed E-state index contributed by atoms with van der Waals surface area (Å²) < 4.78 is 36.1. The molecule has 0 bridgehead atoms. The Hall–Kier alpha value is -1.72. The predicted octanol–water partition coefficient (Wildman–Crippen LogP) is 1.83. The number of benzene rings is 1. The summed E-state index contributed by atoms with van der Waals surface area (Å²) in [4.78, 5) is 12.1. The Bertz CT molecular complexity index is 387. The van der Waals surface area contributed by atoms with E-state index in [1.54, 1.807) is 24.3 Å². The highest BCUT2D eigenvalue weighted by molar-refractivity contribution is 5.78. The van der Waals surface area contributed by atoms with E-state index >= 15 is 0 Å². The summed E-state index contributed by atoms with van der Waals surface area (Å²) in [5.41, 5.74) is 6.64. The first-order valence-corrected chi connectivity index (χ1v) is 4.93. The summed E-state index contributed by atoms with van der Waals surface area (Å²) in [5.74, 6) is -0.577. The van der Waals surface area contributed by atoms with Crippen molar-refractivity contribution in [3.05, 3.63) is 29.8 Å². The Morgan fingerprint density at radius 1 is 1.29 bits per heavy atom. The van der Waals surface area contributed by atoms with Gasteiger partial charge in [0.15, 0.2) is 0 Å². The highest BCUT2D eigenvalue weighted by atomic mass is 19.4. The molecule has 1 aromatic rings. The molecule has 0 saturated heterocycles. The van der Waals surface area contributed by atoms with Gasteiger partial charge in [0.1, 0.15) is 6.54 Å². The SMILES string of the molecule is CN(CC(F)(F)F)C(=O)Cc1ccc(N)cc1. The molecule has 0 heterocycles. The van der Waals surface area contributed by atoms with E-state index in [0.717, 1.165) is 7.05 Å². The number of nitrogens with two attached hydrogens (primary N) is 1. The van der Waals surface area contributed by atoms with E-state index in [0.29, 0.717) is 16.2 Å². The molecule has 0 unspecified atom stereocenters. The quantitative estimate of drug-likeness (QED) is 0.827. The van der Waals surface area contributed by atoms with Gasteiger partial charge in [-0.25, -0.2) is 0 Å². The van der Waals surface area contributed by atoms with Gasteiger partial charge in [-0.05, 0) is 17.7 Å². The van der Waals surface area contributed by atoms with Crippen molar-refractivity contribution in [3.63, 3.8) is 0 Å². The minimum atomic E-state index is -4.37. The van der Waals surface area contributed by atoms with Crippen LogP contribution in [0.25, 0.3) is 0 Å². The highest BCUT2D eigenvalue weighted by Gasteiger charge is 2.30. The molecular weight excluding hydrogens is 233 g/mol. The molecule has 0 fully saturated rings. The number of nitrogen functional groups attached to an aromatic ring is 1. The fraction of sp³-hybridized carbons (Fsp3) is 0.364. The number of likely N-dealkylation sites (N-methyl/N-ethyl adjacent to an activating group) is 1. The summed E-state index contributed by atoms with van der Waals surface area (Å²) in [6, 6.07) is 6.45. The lowest BCUT2D eigenvalue weighted by atomic mass is 10.1. The Kier molecular flexibility index (Phi) is 3.98. The summed E-state index contributed by atoms with van der Waals surface area (Å²) in [6.45, 7) is -1.24. The first-order valence-electron chi connectivity index (χ1n) is 4.93. The molecule has 0 aliphatic rings. The van der Waals surface area contributed by atoms with Gasteiger partial charge in [-0.1, -0.05) is 12.1 Å². The minimum absolute atomic E-state index is 0.0626. The molecule has 6 heteroatoms. The van der Waals surface area contributed by atoms with Gasteiger partial charge in [0.25, 0.3) is 0 Å². The largest absolute Gasteiger partial charge is 0.406 e. The number of rotatable bonds is 3. The van der Waals surface area contributed by atoms with Gasteiger partial charge in [-0.15, -0.1) is 0 Å². The van der Waals surface area contributed by atoms with Crippen molar-refractivity contribution in [1.29, 1.82) is 0 Å². The van der Waals surface area contributed by atoms with Gasteiger partial charge in [0, 0.05) is 12.7 Å². The van der Waals surface area contributed by atoms with Crippen LogP contribution in [0.5, 0.6) is 0 Å². The fourth-order valence-electron chi connectivity index (χ4n) is 1.30. The predicted molar refractivity (Wildman–Crippen MR) is 58.3 cm³/mol. The molecule has 0 saturated carbocycles. The van der Waals surface area contributed by atoms with E-state index < -0.39 is 18.6 Å². The number of carbonyl (C=O) groups excluding carboxylic acids is 1. The van der Waals surface area contributed by atoms with E-state index in [-0.39, 0.29) is 6.42 Å². The Morgan fingerprint density at radius 3 is 2.29 bits per heavy atom. The van der Waals surface area contributed by atoms with Crippen LogP contribution in [0.2, 0.25) is 0 Å². The summed E-state index contributed by atoms with van der Waals surface area (Å²) in [5, 5.41) is 0. The number of nitrogens with zero attached hydrogens (tertiary/aromatic N) is 1. The van der Waals surface area contributed by atoms with Crippen molar-refractivity contribution in [2.75, 3.05) is 19.3 Å². The average molecular weight is 246 g/mol. The number of carbonyl (C=O) groups is 1. The molecule has 0 atom stereocenters. The lowest BCUT2D eigenvalue weighted by molar-refractivity contribution is -0.157. The number of hydrogen-bond donors (Lipinski definition) is 1. The lowest BCUT2D eigenvalue weighted by Crippen LogP contribution is -2.36. The maximum atomic E-state index is 12.0. The third-order valence-corrected chi connectivity index (χ3v) is 2.18. The Labute approximate surface area is 97.0 Å². The Morgan fingerprint density at radius 2 is 1.82 bits per heavy atom. The zero-order chi connectivity index (χ0) is 13.1. The van der Waals surface area contributed by atoms with E-state index in [9.17, 15) is 18.0 Å². The number of hydrogen-bond acceptors (Lipinski definition) is 2. The molecule has 1 rings (SSSR count). The van der Waals surface area contributed by atoms with Crippen LogP contribution < -0.4 is 5.73 Å². The first-order chi connectivity index (χ1) is 7.78. The van der Waals surface area contributed by atoms with Gasteiger partial charge < -0.3 is 10.6 Å². The zero-order valence-corrected chi connectivity index (χ0v) is 9.29. The third kappa shape index (κ3) is 4.76. The second-order valence-corrected chi connectivity index (χ2v) is 3.78. The van der Waals surface area contributed by atoms with Crippen LogP contribution in [0.15, 0.2) is 24.3 Å². The molecule has 1 aromatic carbocycles. The third-order valence-electron chi connectivity index (χ3n) is 2.18. The summed E-state index contributed by atoms with van der Waals surface area (Å²) in [6.07, 6.45) is -4.43. The molecule has 0 aromatic heterocycles. The fourth-order valence-corrected chi connectivity index (χ4v) is 1.30. The van der Waals surface area contributed by atoms with Crippen molar-refractivity contribution in [3.8, 4) is 0 Å². The van der Waals surface area contributed by atoms with E-state index in [1.807, 2.05) is 0 Å². The van der Waals surface area contributed by atoms with Crippen molar-refractivity contribution in [2.24, 2.45) is 0 Å². The van der Waals surface area contributed by atoms with Crippen LogP contribution in [0.3, 0.4) is 0 Å². The molecule has 17 heavy (non-hydrogen) atoms. The van der Waals surface area contributed by atoms with Crippen molar-refractivity contribution in [1.82, 2.24) is 4.90 Å². The smallest absolute Gasteiger partial charge is 0.399 e.